The molecule has 1 saturated heterocycles. The third-order valence-corrected chi connectivity index (χ3v) is 5.66. The van der Waals surface area contributed by atoms with E-state index in [1.807, 2.05) is 0 Å². The average molecular weight is 476 g/mol. The molecule has 1 atom stereocenters. The Hall–Kier alpha value is -0.130. The molecule has 0 spiro atoms. The van der Waals surface area contributed by atoms with Crippen LogP contribution in [0, 0.1) is 5.92 Å². The predicted octanol–water partition coefficient (Wildman–Crippen LogP) is 1.39. The van der Waals surface area contributed by atoms with Crippen molar-refractivity contribution in [1.29, 1.82) is 0 Å². The highest BCUT2D eigenvalue weighted by molar-refractivity contribution is 14.0. The van der Waals surface area contributed by atoms with Crippen LogP contribution in [0.4, 0.5) is 0 Å². The molecule has 0 aliphatic carbocycles. The highest BCUT2D eigenvalue weighted by Gasteiger charge is 2.23. The van der Waals surface area contributed by atoms with E-state index in [1.165, 1.54) is 10.7 Å². The van der Waals surface area contributed by atoms with Crippen LogP contribution in [0.2, 0.25) is 0 Å². The number of hydrogen-bond donors (Lipinski definition) is 2. The minimum absolute atomic E-state index is 0. The summed E-state index contributed by atoms with van der Waals surface area (Å²) < 4.78 is 30.9. The lowest BCUT2D eigenvalue weighted by molar-refractivity contribution is 0.0731. The van der Waals surface area contributed by atoms with Crippen molar-refractivity contribution >= 4 is 40.0 Å². The summed E-state index contributed by atoms with van der Waals surface area (Å²) >= 11 is 0. The minimum atomic E-state index is -3.27. The number of sulfonamides is 1. The fourth-order valence-corrected chi connectivity index (χ4v) is 3.72. The maximum Gasteiger partial charge on any atom is 0.216 e. The van der Waals surface area contributed by atoms with Crippen LogP contribution in [-0.4, -0.2) is 63.3 Å². The van der Waals surface area contributed by atoms with E-state index in [1.54, 1.807) is 0 Å². The van der Waals surface area contributed by atoms with Crippen molar-refractivity contribution in [1.82, 2.24) is 9.62 Å². The van der Waals surface area contributed by atoms with Gasteiger partial charge < -0.3 is 15.8 Å². The van der Waals surface area contributed by atoms with Crippen LogP contribution in [0.1, 0.15) is 40.0 Å². The lowest BCUT2D eigenvalue weighted by Crippen LogP contribution is -2.42. The Morgan fingerprint density at radius 3 is 2.46 bits per heavy atom. The van der Waals surface area contributed by atoms with E-state index in [-0.39, 0.29) is 42.3 Å². The fraction of sp³-hybridized carbons (Fsp3) is 0.933. The molecule has 9 heteroatoms. The van der Waals surface area contributed by atoms with Crippen molar-refractivity contribution in [3.05, 3.63) is 0 Å². The quantitative estimate of drug-likeness (QED) is 0.298. The molecule has 1 rings (SSSR count). The van der Waals surface area contributed by atoms with Gasteiger partial charge in [-0.3, -0.25) is 4.99 Å². The van der Waals surface area contributed by atoms with Crippen molar-refractivity contribution < 1.29 is 13.2 Å². The summed E-state index contributed by atoms with van der Waals surface area (Å²) in [6.45, 7) is 8.43. The highest BCUT2D eigenvalue weighted by atomic mass is 127. The number of morpholine rings is 1. The monoisotopic (exact) mass is 476 g/mol. The van der Waals surface area contributed by atoms with Gasteiger partial charge in [-0.15, -0.1) is 24.0 Å². The molecule has 0 aromatic carbocycles. The molecule has 1 unspecified atom stereocenters. The maximum atomic E-state index is 12.1. The van der Waals surface area contributed by atoms with Crippen LogP contribution in [-0.2, 0) is 14.8 Å². The highest BCUT2D eigenvalue weighted by Crippen LogP contribution is 2.08. The van der Waals surface area contributed by atoms with Gasteiger partial charge in [-0.2, -0.15) is 4.31 Å². The van der Waals surface area contributed by atoms with Gasteiger partial charge in [0.05, 0.1) is 25.5 Å². The molecule has 0 saturated carbocycles. The number of nitrogens with one attached hydrogen (secondary N) is 1. The normalized spacial score (nSPS) is 18.2. The summed E-state index contributed by atoms with van der Waals surface area (Å²) in [5.41, 5.74) is 5.82. The van der Waals surface area contributed by atoms with Crippen LogP contribution in [0.5, 0.6) is 0 Å². The zero-order valence-corrected chi connectivity index (χ0v) is 18.2. The van der Waals surface area contributed by atoms with E-state index < -0.39 is 10.0 Å². The molecule has 24 heavy (non-hydrogen) atoms. The molecular weight excluding hydrogens is 443 g/mol. The van der Waals surface area contributed by atoms with Crippen LogP contribution < -0.4 is 11.1 Å². The fourth-order valence-electron chi connectivity index (χ4n) is 2.44. The molecule has 0 amide bonds. The van der Waals surface area contributed by atoms with Gasteiger partial charge in [0.2, 0.25) is 10.0 Å². The Bertz CT molecular complexity index is 465. The standard InChI is InChI=1S/C15H32N4O3S.HI/c1-13(2)5-4-6-14(3)18-15(16)17-7-12-23(20,21)19-8-10-22-11-9-19;/h13-14H,4-12H2,1-3H3,(H3,16,17,18);1H. The second-order valence-corrected chi connectivity index (χ2v) is 8.55. The molecule has 0 radical (unpaired) electrons. The van der Waals surface area contributed by atoms with Gasteiger partial charge >= 0.3 is 0 Å². The number of halogens is 1. The van der Waals surface area contributed by atoms with E-state index in [0.29, 0.717) is 38.2 Å². The minimum Gasteiger partial charge on any atom is -0.379 e. The summed E-state index contributed by atoms with van der Waals surface area (Å²) in [6.07, 6.45) is 3.37. The zero-order chi connectivity index (χ0) is 17.3. The first-order chi connectivity index (χ1) is 10.8. The van der Waals surface area contributed by atoms with Crippen molar-refractivity contribution in [3.63, 3.8) is 0 Å². The molecular formula is C15H33IN4O3S. The first-order valence-corrected chi connectivity index (χ1v) is 10.0. The van der Waals surface area contributed by atoms with Crippen LogP contribution in [0.25, 0.3) is 0 Å². The first kappa shape index (κ1) is 23.9. The Labute approximate surface area is 163 Å². The van der Waals surface area contributed by atoms with Crippen LogP contribution >= 0.6 is 24.0 Å². The van der Waals surface area contributed by atoms with E-state index in [2.05, 4.69) is 31.1 Å². The number of hydrogen-bond acceptors (Lipinski definition) is 4. The van der Waals surface area contributed by atoms with Gasteiger partial charge in [0, 0.05) is 19.1 Å². The Kier molecular flexibility index (Phi) is 12.2. The van der Waals surface area contributed by atoms with Gasteiger partial charge in [-0.25, -0.2) is 8.42 Å². The topological polar surface area (TPSA) is 97.0 Å². The number of nitrogens with zero attached hydrogens (tertiary/aromatic N) is 2. The lowest BCUT2D eigenvalue weighted by atomic mass is 10.0. The van der Waals surface area contributed by atoms with E-state index in [4.69, 9.17) is 10.5 Å². The Balaban J connectivity index is 0.00000529. The van der Waals surface area contributed by atoms with Gasteiger partial charge in [0.15, 0.2) is 5.96 Å². The Morgan fingerprint density at radius 1 is 1.25 bits per heavy atom. The molecule has 0 aromatic heterocycles. The molecule has 144 valence electrons. The van der Waals surface area contributed by atoms with Crippen molar-refractivity contribution in [2.24, 2.45) is 16.6 Å². The second-order valence-electron chi connectivity index (χ2n) is 6.46. The van der Waals surface area contributed by atoms with Gasteiger partial charge in [-0.1, -0.05) is 26.7 Å². The molecule has 1 aliphatic rings. The van der Waals surface area contributed by atoms with Gasteiger partial charge in [-0.05, 0) is 19.3 Å². The predicted molar refractivity (Wildman–Crippen MR) is 109 cm³/mol. The van der Waals surface area contributed by atoms with Gasteiger partial charge in [0.25, 0.3) is 0 Å². The number of nitrogens with two attached hydrogens (primary N) is 1. The Morgan fingerprint density at radius 2 is 1.88 bits per heavy atom. The van der Waals surface area contributed by atoms with Gasteiger partial charge in [0.1, 0.15) is 0 Å². The SMILES string of the molecule is CC(C)CCCC(C)NC(N)=NCCS(=O)(=O)N1CCOCC1.I. The van der Waals surface area contributed by atoms with E-state index in [0.717, 1.165) is 12.8 Å². The van der Waals surface area contributed by atoms with Crippen molar-refractivity contribution in [3.8, 4) is 0 Å². The largest absolute Gasteiger partial charge is 0.379 e. The van der Waals surface area contributed by atoms with E-state index >= 15 is 0 Å². The summed E-state index contributed by atoms with van der Waals surface area (Å²) in [5, 5.41) is 3.12. The van der Waals surface area contributed by atoms with Crippen LogP contribution in [0.15, 0.2) is 4.99 Å². The summed E-state index contributed by atoms with van der Waals surface area (Å²) in [6, 6.07) is 0.244. The third-order valence-electron chi connectivity index (χ3n) is 3.81. The molecule has 1 aliphatic heterocycles. The average Bonchev–Trinajstić information content (AvgIpc) is 2.47. The molecule has 3 N–H and O–H groups in total. The molecule has 1 fully saturated rings. The number of rotatable bonds is 9. The first-order valence-electron chi connectivity index (χ1n) is 8.43. The molecule has 0 aromatic rings. The smallest absolute Gasteiger partial charge is 0.216 e. The maximum absolute atomic E-state index is 12.1. The van der Waals surface area contributed by atoms with Crippen molar-refractivity contribution in [2.45, 2.75) is 46.1 Å². The van der Waals surface area contributed by atoms with Crippen LogP contribution in [0.3, 0.4) is 0 Å². The lowest BCUT2D eigenvalue weighted by Gasteiger charge is -2.25. The summed E-state index contributed by atoms with van der Waals surface area (Å²) in [7, 11) is -3.27. The number of guanidine groups is 1. The summed E-state index contributed by atoms with van der Waals surface area (Å²) in [5.74, 6) is 1.01. The van der Waals surface area contributed by atoms with Crippen molar-refractivity contribution in [2.75, 3.05) is 38.6 Å². The zero-order valence-electron chi connectivity index (χ0n) is 15.0. The molecule has 7 nitrogen and oxygen atoms in total. The molecule has 0 bridgehead atoms. The second kappa shape index (κ2) is 12.3. The number of ether oxygens (including phenoxy) is 1. The summed E-state index contributed by atoms with van der Waals surface area (Å²) in [4.78, 5) is 4.13. The third kappa shape index (κ3) is 10.00. The van der Waals surface area contributed by atoms with E-state index in [9.17, 15) is 8.42 Å². The molecule has 1 heterocycles. The number of aliphatic imine (C=N–C) groups is 1.